The average molecular weight is 351 g/mol. The highest BCUT2D eigenvalue weighted by Gasteiger charge is 2.36. The Balaban J connectivity index is 1.77. The van der Waals surface area contributed by atoms with E-state index in [-0.39, 0.29) is 22.9 Å². The lowest BCUT2D eigenvalue weighted by Gasteiger charge is -2.30. The number of carbonyl (C=O) groups excluding carboxylic acids is 2. The van der Waals surface area contributed by atoms with Gasteiger partial charge in [0.05, 0.1) is 10.5 Å². The van der Waals surface area contributed by atoms with Crippen molar-refractivity contribution in [3.8, 4) is 0 Å². The van der Waals surface area contributed by atoms with Gasteiger partial charge >= 0.3 is 0 Å². The summed E-state index contributed by atoms with van der Waals surface area (Å²) in [6.45, 7) is 2.98. The number of hydrogen-bond donors (Lipinski definition) is 1. The standard InChI is InChI=1S/C16H21N3O4S/c1-2-9-18(10-12-7-8-12)15(20)11-19-16(21)13-5-3-4-6-14(13)24(22,23)17-19/h3-6,12,17H,2,7-11H2,1H3. The van der Waals surface area contributed by atoms with Crippen LogP contribution in [0.2, 0.25) is 0 Å². The monoisotopic (exact) mass is 351 g/mol. The molecule has 3 rings (SSSR count). The largest absolute Gasteiger partial charge is 0.341 e. The Kier molecular flexibility index (Phi) is 4.60. The molecule has 1 aromatic rings. The number of amides is 2. The molecular formula is C16H21N3O4S. The van der Waals surface area contributed by atoms with Gasteiger partial charge in [0.15, 0.2) is 0 Å². The van der Waals surface area contributed by atoms with Crippen molar-refractivity contribution >= 4 is 21.8 Å². The van der Waals surface area contributed by atoms with Crippen LogP contribution in [0.15, 0.2) is 29.2 Å². The number of sulfonamides is 1. The van der Waals surface area contributed by atoms with E-state index in [1.165, 1.54) is 12.1 Å². The zero-order chi connectivity index (χ0) is 17.3. The summed E-state index contributed by atoms with van der Waals surface area (Å²) < 4.78 is 24.5. The topological polar surface area (TPSA) is 86.8 Å². The Morgan fingerprint density at radius 3 is 2.71 bits per heavy atom. The predicted molar refractivity (Wildman–Crippen MR) is 87.4 cm³/mol. The molecule has 7 nitrogen and oxygen atoms in total. The maximum atomic E-state index is 12.5. The fraction of sp³-hybridized carbons (Fsp3) is 0.500. The van der Waals surface area contributed by atoms with Crippen molar-refractivity contribution in [1.29, 1.82) is 0 Å². The van der Waals surface area contributed by atoms with Crippen molar-refractivity contribution in [3.05, 3.63) is 29.8 Å². The van der Waals surface area contributed by atoms with Crippen molar-refractivity contribution in [1.82, 2.24) is 14.7 Å². The number of benzene rings is 1. The van der Waals surface area contributed by atoms with Crippen molar-refractivity contribution in [2.24, 2.45) is 5.92 Å². The molecule has 8 heteroatoms. The fourth-order valence-electron chi connectivity index (χ4n) is 2.80. The Bertz CT molecular complexity index is 758. The van der Waals surface area contributed by atoms with E-state index in [9.17, 15) is 18.0 Å². The van der Waals surface area contributed by atoms with E-state index in [0.717, 1.165) is 24.3 Å². The molecule has 1 aromatic carbocycles. The molecular weight excluding hydrogens is 330 g/mol. The van der Waals surface area contributed by atoms with Crippen molar-refractivity contribution in [2.45, 2.75) is 31.1 Å². The first-order chi connectivity index (χ1) is 11.4. The van der Waals surface area contributed by atoms with Gasteiger partial charge < -0.3 is 4.90 Å². The number of nitrogens with one attached hydrogen (secondary N) is 1. The third-order valence-electron chi connectivity index (χ3n) is 4.20. The summed E-state index contributed by atoms with van der Waals surface area (Å²) in [6.07, 6.45) is 3.06. The Hall–Kier alpha value is -1.93. The lowest BCUT2D eigenvalue weighted by atomic mass is 10.2. The molecule has 1 fully saturated rings. The molecule has 24 heavy (non-hydrogen) atoms. The van der Waals surface area contributed by atoms with E-state index in [0.29, 0.717) is 19.0 Å². The van der Waals surface area contributed by atoms with Crippen LogP contribution in [0.1, 0.15) is 36.5 Å². The summed E-state index contributed by atoms with van der Waals surface area (Å²) in [5.74, 6) is -0.203. The zero-order valence-corrected chi connectivity index (χ0v) is 14.4. The average Bonchev–Trinajstić information content (AvgIpc) is 3.36. The zero-order valence-electron chi connectivity index (χ0n) is 13.6. The third-order valence-corrected chi connectivity index (χ3v) is 5.59. The van der Waals surface area contributed by atoms with Gasteiger partial charge in [-0.3, -0.25) is 14.6 Å². The first-order valence-corrected chi connectivity index (χ1v) is 9.62. The molecule has 1 aliphatic heterocycles. The maximum absolute atomic E-state index is 12.5. The molecule has 0 bridgehead atoms. The number of hydrazine groups is 1. The van der Waals surface area contributed by atoms with Crippen LogP contribution in [0, 0.1) is 5.92 Å². The van der Waals surface area contributed by atoms with E-state index in [2.05, 4.69) is 4.83 Å². The minimum atomic E-state index is -3.83. The van der Waals surface area contributed by atoms with Crippen molar-refractivity contribution in [3.63, 3.8) is 0 Å². The summed E-state index contributed by atoms with van der Waals surface area (Å²) in [5.41, 5.74) is 0.0910. The van der Waals surface area contributed by atoms with E-state index >= 15 is 0 Å². The molecule has 130 valence electrons. The molecule has 0 atom stereocenters. The van der Waals surface area contributed by atoms with Gasteiger partial charge in [0, 0.05) is 13.1 Å². The molecule has 0 saturated heterocycles. The van der Waals surface area contributed by atoms with Gasteiger partial charge in [-0.15, -0.1) is 4.83 Å². The van der Waals surface area contributed by atoms with Crippen LogP contribution in [0.25, 0.3) is 0 Å². The quantitative estimate of drug-likeness (QED) is 0.828. The van der Waals surface area contributed by atoms with Crippen LogP contribution in [-0.2, 0) is 14.8 Å². The van der Waals surface area contributed by atoms with Crippen LogP contribution in [0.3, 0.4) is 0 Å². The number of carbonyl (C=O) groups is 2. The van der Waals surface area contributed by atoms with Crippen LogP contribution in [-0.4, -0.2) is 49.8 Å². The van der Waals surface area contributed by atoms with Gasteiger partial charge in [-0.2, -0.15) is 0 Å². The SMILES string of the molecule is CCCN(CC1CC1)C(=O)CN1NS(=O)(=O)c2ccccc2C1=O. The number of rotatable bonds is 6. The number of fused-ring (bicyclic) bond motifs is 1. The van der Waals surface area contributed by atoms with Gasteiger partial charge in [-0.05, 0) is 37.3 Å². The Labute approximate surface area is 141 Å². The van der Waals surface area contributed by atoms with Gasteiger partial charge in [0.1, 0.15) is 6.54 Å². The smallest absolute Gasteiger partial charge is 0.270 e. The second-order valence-corrected chi connectivity index (χ2v) is 7.89. The Morgan fingerprint density at radius 1 is 1.33 bits per heavy atom. The highest BCUT2D eigenvalue weighted by molar-refractivity contribution is 7.89. The summed E-state index contributed by atoms with van der Waals surface area (Å²) in [5, 5.41) is 0.898. The van der Waals surface area contributed by atoms with Crippen LogP contribution >= 0.6 is 0 Å². The molecule has 0 radical (unpaired) electrons. The van der Waals surface area contributed by atoms with Crippen molar-refractivity contribution in [2.75, 3.05) is 19.6 Å². The van der Waals surface area contributed by atoms with E-state index in [4.69, 9.17) is 0 Å². The molecule has 1 aliphatic carbocycles. The van der Waals surface area contributed by atoms with Gasteiger partial charge in [0.2, 0.25) is 5.91 Å². The highest BCUT2D eigenvalue weighted by Crippen LogP contribution is 2.30. The molecule has 2 amide bonds. The molecule has 2 aliphatic rings. The van der Waals surface area contributed by atoms with Gasteiger partial charge in [0.25, 0.3) is 15.9 Å². The third kappa shape index (κ3) is 3.44. The first kappa shape index (κ1) is 16.9. The summed E-state index contributed by atoms with van der Waals surface area (Å²) >= 11 is 0. The maximum Gasteiger partial charge on any atom is 0.270 e. The molecule has 0 spiro atoms. The summed E-state index contributed by atoms with van der Waals surface area (Å²) in [7, 11) is -3.83. The minimum absolute atomic E-state index is 0.0536. The van der Waals surface area contributed by atoms with Gasteiger partial charge in [-0.1, -0.05) is 19.1 Å². The second kappa shape index (κ2) is 6.52. The van der Waals surface area contributed by atoms with Crippen LogP contribution < -0.4 is 4.83 Å². The molecule has 1 N–H and O–H groups in total. The lowest BCUT2D eigenvalue weighted by Crippen LogP contribution is -2.54. The van der Waals surface area contributed by atoms with Crippen LogP contribution in [0.4, 0.5) is 0 Å². The fourth-order valence-corrected chi connectivity index (χ4v) is 4.04. The number of hydrogen-bond acceptors (Lipinski definition) is 4. The minimum Gasteiger partial charge on any atom is -0.341 e. The second-order valence-electron chi connectivity index (χ2n) is 6.27. The van der Waals surface area contributed by atoms with Gasteiger partial charge in [-0.25, -0.2) is 8.42 Å². The van der Waals surface area contributed by atoms with Crippen molar-refractivity contribution < 1.29 is 18.0 Å². The summed E-state index contributed by atoms with van der Waals surface area (Å²) in [6, 6.07) is 6.01. The normalized spacial score (nSPS) is 19.0. The Morgan fingerprint density at radius 2 is 2.04 bits per heavy atom. The molecule has 1 heterocycles. The van der Waals surface area contributed by atoms with E-state index < -0.39 is 15.9 Å². The lowest BCUT2D eigenvalue weighted by molar-refractivity contribution is -0.132. The highest BCUT2D eigenvalue weighted by atomic mass is 32.2. The first-order valence-electron chi connectivity index (χ1n) is 8.13. The predicted octanol–water partition coefficient (Wildman–Crippen LogP) is 0.984. The van der Waals surface area contributed by atoms with Crippen LogP contribution in [0.5, 0.6) is 0 Å². The molecule has 1 saturated carbocycles. The van der Waals surface area contributed by atoms with E-state index in [1.54, 1.807) is 17.0 Å². The number of nitrogens with zero attached hydrogens (tertiary/aromatic N) is 2. The summed E-state index contributed by atoms with van der Waals surface area (Å²) in [4.78, 5) is 28.9. The molecule has 0 unspecified atom stereocenters. The molecule has 0 aromatic heterocycles. The van der Waals surface area contributed by atoms with E-state index in [1.807, 2.05) is 6.92 Å².